The fourth-order valence-electron chi connectivity index (χ4n) is 2.71. The van der Waals surface area contributed by atoms with Gasteiger partial charge >= 0.3 is 0 Å². The molecule has 0 radical (unpaired) electrons. The summed E-state index contributed by atoms with van der Waals surface area (Å²) in [5.41, 5.74) is 1.59. The minimum absolute atomic E-state index is 0.00437. The summed E-state index contributed by atoms with van der Waals surface area (Å²) in [6, 6.07) is 11.9. The Kier molecular flexibility index (Phi) is 3.92. The van der Waals surface area contributed by atoms with E-state index in [0.717, 1.165) is 4.90 Å². The lowest BCUT2D eigenvalue weighted by molar-refractivity contribution is 0.0642. The van der Waals surface area contributed by atoms with Crippen molar-refractivity contribution < 1.29 is 19.1 Å². The van der Waals surface area contributed by atoms with Crippen LogP contribution in [0.2, 0.25) is 0 Å². The molecule has 0 unspecified atom stereocenters. The molecule has 1 aliphatic rings. The maximum Gasteiger partial charge on any atom is 0.261 e. The quantitative estimate of drug-likeness (QED) is 0.807. The number of carbonyl (C=O) groups is 2. The second kappa shape index (κ2) is 6.05. The Bertz CT molecular complexity index is 848. The number of imide groups is 1. The standard InChI is InChI=1S/C18H14N2O4/c1-23-15-7-11(9-19)12(8-16(15)24-2)10-20-17(21)13-5-3-4-6-14(13)18(20)22/h3-8H,10H2,1-2H3. The third-order valence-corrected chi connectivity index (χ3v) is 3.94. The summed E-state index contributed by atoms with van der Waals surface area (Å²) >= 11 is 0. The minimum Gasteiger partial charge on any atom is -0.493 e. The van der Waals surface area contributed by atoms with Crippen molar-refractivity contribution in [2.24, 2.45) is 0 Å². The molecule has 6 heteroatoms. The summed E-state index contributed by atoms with van der Waals surface area (Å²) < 4.78 is 10.4. The van der Waals surface area contributed by atoms with Gasteiger partial charge in [0, 0.05) is 6.07 Å². The van der Waals surface area contributed by atoms with E-state index in [-0.39, 0.29) is 18.4 Å². The van der Waals surface area contributed by atoms with Gasteiger partial charge in [0.05, 0.1) is 43.5 Å². The number of nitriles is 1. The van der Waals surface area contributed by atoms with Crippen molar-refractivity contribution in [3.8, 4) is 17.6 Å². The number of benzene rings is 2. The molecule has 2 aromatic carbocycles. The van der Waals surface area contributed by atoms with Crippen molar-refractivity contribution >= 4 is 11.8 Å². The van der Waals surface area contributed by atoms with Crippen LogP contribution in [-0.4, -0.2) is 30.9 Å². The molecule has 0 aromatic heterocycles. The number of carbonyl (C=O) groups excluding carboxylic acids is 2. The van der Waals surface area contributed by atoms with E-state index in [0.29, 0.717) is 33.8 Å². The SMILES string of the molecule is COc1cc(C#N)c(CN2C(=O)c3ccccc3C2=O)cc1OC. The van der Waals surface area contributed by atoms with Crippen LogP contribution in [0.5, 0.6) is 11.5 Å². The van der Waals surface area contributed by atoms with Crippen LogP contribution in [-0.2, 0) is 6.54 Å². The molecule has 0 spiro atoms. The van der Waals surface area contributed by atoms with Gasteiger partial charge in [-0.2, -0.15) is 5.26 Å². The average Bonchev–Trinajstić information content (AvgIpc) is 2.86. The molecule has 0 atom stereocenters. The maximum absolute atomic E-state index is 12.5. The number of hydrogen-bond acceptors (Lipinski definition) is 5. The van der Waals surface area contributed by atoms with Crippen molar-refractivity contribution in [2.75, 3.05) is 14.2 Å². The van der Waals surface area contributed by atoms with Crippen molar-refractivity contribution in [3.63, 3.8) is 0 Å². The third kappa shape index (κ3) is 2.36. The van der Waals surface area contributed by atoms with Gasteiger partial charge in [-0.25, -0.2) is 0 Å². The molecule has 120 valence electrons. The molecule has 0 N–H and O–H groups in total. The molecule has 0 bridgehead atoms. The number of ether oxygens (including phenoxy) is 2. The molecule has 6 nitrogen and oxygen atoms in total. The summed E-state index contributed by atoms with van der Waals surface area (Å²) in [6.45, 7) is -0.00437. The number of nitrogens with zero attached hydrogens (tertiary/aromatic N) is 2. The van der Waals surface area contributed by atoms with E-state index in [1.165, 1.54) is 20.3 Å². The molecule has 0 saturated heterocycles. The van der Waals surface area contributed by atoms with Gasteiger partial charge in [-0.3, -0.25) is 14.5 Å². The van der Waals surface area contributed by atoms with Crippen molar-refractivity contribution in [2.45, 2.75) is 6.54 Å². The predicted octanol–water partition coefficient (Wildman–Crippen LogP) is 2.37. The summed E-state index contributed by atoms with van der Waals surface area (Å²) in [7, 11) is 2.96. The Hall–Kier alpha value is -3.33. The van der Waals surface area contributed by atoms with E-state index < -0.39 is 0 Å². The van der Waals surface area contributed by atoms with Crippen LogP contribution in [0.3, 0.4) is 0 Å². The largest absolute Gasteiger partial charge is 0.493 e. The fourth-order valence-corrected chi connectivity index (χ4v) is 2.71. The molecular formula is C18H14N2O4. The van der Waals surface area contributed by atoms with Crippen LogP contribution in [0, 0.1) is 11.3 Å². The first-order chi connectivity index (χ1) is 11.6. The van der Waals surface area contributed by atoms with Gasteiger partial charge < -0.3 is 9.47 Å². The predicted molar refractivity (Wildman–Crippen MR) is 84.9 cm³/mol. The van der Waals surface area contributed by atoms with E-state index in [4.69, 9.17) is 9.47 Å². The highest BCUT2D eigenvalue weighted by Gasteiger charge is 2.35. The Morgan fingerprint density at radius 3 is 2.04 bits per heavy atom. The van der Waals surface area contributed by atoms with E-state index in [2.05, 4.69) is 6.07 Å². The molecule has 0 fully saturated rings. The van der Waals surface area contributed by atoms with Gasteiger partial charge in [-0.05, 0) is 23.8 Å². The van der Waals surface area contributed by atoms with Gasteiger partial charge in [-0.15, -0.1) is 0 Å². The van der Waals surface area contributed by atoms with E-state index in [1.807, 2.05) is 0 Å². The second-order valence-corrected chi connectivity index (χ2v) is 5.22. The van der Waals surface area contributed by atoms with Crippen molar-refractivity contribution in [3.05, 3.63) is 58.7 Å². The van der Waals surface area contributed by atoms with Crippen LogP contribution < -0.4 is 9.47 Å². The number of rotatable bonds is 4. The molecule has 3 rings (SSSR count). The Morgan fingerprint density at radius 1 is 1.00 bits per heavy atom. The van der Waals surface area contributed by atoms with E-state index in [9.17, 15) is 14.9 Å². The average molecular weight is 322 g/mol. The summed E-state index contributed by atoms with van der Waals surface area (Å²) in [5.74, 6) is 0.117. The molecule has 2 aromatic rings. The highest BCUT2D eigenvalue weighted by Crippen LogP contribution is 2.32. The zero-order valence-electron chi connectivity index (χ0n) is 13.2. The van der Waals surface area contributed by atoms with E-state index in [1.54, 1.807) is 30.3 Å². The molecule has 1 aliphatic heterocycles. The van der Waals surface area contributed by atoms with Crippen LogP contribution in [0.1, 0.15) is 31.8 Å². The minimum atomic E-state index is -0.366. The van der Waals surface area contributed by atoms with Crippen LogP contribution >= 0.6 is 0 Å². The summed E-state index contributed by atoms with van der Waals surface area (Å²) in [5, 5.41) is 9.35. The zero-order chi connectivity index (χ0) is 17.3. The topological polar surface area (TPSA) is 79.6 Å². The normalized spacial score (nSPS) is 12.8. The maximum atomic E-state index is 12.5. The Labute approximate surface area is 138 Å². The lowest BCUT2D eigenvalue weighted by Crippen LogP contribution is -2.29. The lowest BCUT2D eigenvalue weighted by Gasteiger charge is -2.17. The molecular weight excluding hydrogens is 308 g/mol. The van der Waals surface area contributed by atoms with Crippen molar-refractivity contribution in [1.82, 2.24) is 4.90 Å². The molecule has 2 amide bonds. The smallest absolute Gasteiger partial charge is 0.261 e. The van der Waals surface area contributed by atoms with Gasteiger partial charge in [-0.1, -0.05) is 12.1 Å². The number of fused-ring (bicyclic) bond motifs is 1. The van der Waals surface area contributed by atoms with Gasteiger partial charge in [0.25, 0.3) is 11.8 Å². The van der Waals surface area contributed by atoms with Crippen LogP contribution in [0.25, 0.3) is 0 Å². The Morgan fingerprint density at radius 2 is 1.54 bits per heavy atom. The van der Waals surface area contributed by atoms with Crippen molar-refractivity contribution in [1.29, 1.82) is 5.26 Å². The number of amides is 2. The first-order valence-corrected chi connectivity index (χ1v) is 7.21. The number of methoxy groups -OCH3 is 2. The molecule has 0 saturated carbocycles. The highest BCUT2D eigenvalue weighted by atomic mass is 16.5. The van der Waals surface area contributed by atoms with E-state index >= 15 is 0 Å². The second-order valence-electron chi connectivity index (χ2n) is 5.22. The molecule has 24 heavy (non-hydrogen) atoms. The van der Waals surface area contributed by atoms with Gasteiger partial charge in [0.2, 0.25) is 0 Å². The Balaban J connectivity index is 1.99. The van der Waals surface area contributed by atoms with Gasteiger partial charge in [0.15, 0.2) is 11.5 Å². The molecule has 1 heterocycles. The zero-order valence-corrected chi connectivity index (χ0v) is 13.2. The summed E-state index contributed by atoms with van der Waals surface area (Å²) in [4.78, 5) is 26.0. The first kappa shape index (κ1) is 15.6. The fraction of sp³-hybridized carbons (Fsp3) is 0.167. The summed E-state index contributed by atoms with van der Waals surface area (Å²) in [6.07, 6.45) is 0. The third-order valence-electron chi connectivity index (χ3n) is 3.94. The number of hydrogen-bond donors (Lipinski definition) is 0. The monoisotopic (exact) mass is 322 g/mol. The van der Waals surface area contributed by atoms with Gasteiger partial charge in [0.1, 0.15) is 0 Å². The van der Waals surface area contributed by atoms with Crippen LogP contribution in [0.4, 0.5) is 0 Å². The lowest BCUT2D eigenvalue weighted by atomic mass is 10.1. The van der Waals surface area contributed by atoms with Crippen LogP contribution in [0.15, 0.2) is 36.4 Å². The highest BCUT2D eigenvalue weighted by molar-refractivity contribution is 6.21. The molecule has 0 aliphatic carbocycles. The first-order valence-electron chi connectivity index (χ1n) is 7.21.